The SMILES string of the molecule is Cl.Nc1ncc(CN2CCC(c3cccc(Cl)c3)CC2)s1. The molecule has 3 rings (SSSR count). The molecular formula is C15H19Cl2N3S. The lowest BCUT2D eigenvalue weighted by Crippen LogP contribution is -2.32. The highest BCUT2D eigenvalue weighted by molar-refractivity contribution is 7.15. The zero-order valence-electron chi connectivity index (χ0n) is 11.7. The first kappa shape index (κ1) is 16.6. The molecule has 0 atom stereocenters. The van der Waals surface area contributed by atoms with Gasteiger partial charge in [0, 0.05) is 22.6 Å². The Labute approximate surface area is 140 Å². The van der Waals surface area contributed by atoms with E-state index in [0.29, 0.717) is 11.0 Å². The second-order valence-corrected chi connectivity index (χ2v) is 6.85. The third-order valence-corrected chi connectivity index (χ3v) is 4.90. The molecule has 0 unspecified atom stereocenters. The molecule has 2 aromatic rings. The molecular weight excluding hydrogens is 325 g/mol. The van der Waals surface area contributed by atoms with Crippen LogP contribution >= 0.6 is 35.3 Å². The first-order chi connectivity index (χ1) is 9.70. The number of likely N-dealkylation sites (tertiary alicyclic amines) is 1. The topological polar surface area (TPSA) is 42.1 Å². The number of piperidine rings is 1. The normalized spacial score (nSPS) is 16.6. The van der Waals surface area contributed by atoms with Crippen molar-refractivity contribution in [2.45, 2.75) is 25.3 Å². The number of nitrogen functional groups attached to an aromatic ring is 1. The van der Waals surface area contributed by atoms with Crippen LogP contribution in [0, 0.1) is 0 Å². The second kappa shape index (κ2) is 7.45. The molecule has 2 heterocycles. The van der Waals surface area contributed by atoms with Crippen LogP contribution in [0.15, 0.2) is 30.5 Å². The summed E-state index contributed by atoms with van der Waals surface area (Å²) >= 11 is 7.66. The number of hydrogen-bond donors (Lipinski definition) is 1. The van der Waals surface area contributed by atoms with Crippen LogP contribution in [-0.4, -0.2) is 23.0 Å². The van der Waals surface area contributed by atoms with E-state index in [1.165, 1.54) is 23.3 Å². The van der Waals surface area contributed by atoms with Gasteiger partial charge in [-0.25, -0.2) is 4.98 Å². The molecule has 0 spiro atoms. The Morgan fingerprint density at radius 2 is 2.10 bits per heavy atom. The number of anilines is 1. The fourth-order valence-corrected chi connectivity index (χ4v) is 3.73. The highest BCUT2D eigenvalue weighted by Crippen LogP contribution is 2.30. The van der Waals surface area contributed by atoms with Crippen molar-refractivity contribution in [3.8, 4) is 0 Å². The molecule has 1 fully saturated rings. The predicted molar refractivity (Wildman–Crippen MR) is 92.5 cm³/mol. The van der Waals surface area contributed by atoms with Gasteiger partial charge in [-0.2, -0.15) is 0 Å². The van der Waals surface area contributed by atoms with E-state index in [0.717, 1.165) is 24.7 Å². The van der Waals surface area contributed by atoms with E-state index in [-0.39, 0.29) is 12.4 Å². The van der Waals surface area contributed by atoms with Gasteiger partial charge < -0.3 is 5.73 Å². The van der Waals surface area contributed by atoms with Crippen molar-refractivity contribution in [2.24, 2.45) is 0 Å². The summed E-state index contributed by atoms with van der Waals surface area (Å²) in [6.07, 6.45) is 4.27. The van der Waals surface area contributed by atoms with Crippen molar-refractivity contribution in [2.75, 3.05) is 18.8 Å². The van der Waals surface area contributed by atoms with E-state index in [9.17, 15) is 0 Å². The lowest BCUT2D eigenvalue weighted by atomic mass is 9.89. The monoisotopic (exact) mass is 343 g/mol. The Kier molecular flexibility index (Phi) is 5.88. The molecule has 0 aliphatic carbocycles. The molecule has 2 N–H and O–H groups in total. The first-order valence-corrected chi connectivity index (χ1v) is 8.08. The average Bonchev–Trinajstić information content (AvgIpc) is 2.85. The molecule has 0 bridgehead atoms. The number of rotatable bonds is 3. The molecule has 0 radical (unpaired) electrons. The average molecular weight is 344 g/mol. The van der Waals surface area contributed by atoms with Crippen LogP contribution in [0.1, 0.15) is 29.2 Å². The fourth-order valence-electron chi connectivity index (χ4n) is 2.80. The second-order valence-electron chi connectivity index (χ2n) is 5.27. The van der Waals surface area contributed by atoms with Gasteiger partial charge in [0.15, 0.2) is 5.13 Å². The van der Waals surface area contributed by atoms with Crippen molar-refractivity contribution < 1.29 is 0 Å². The molecule has 1 aliphatic rings. The number of nitrogens with two attached hydrogens (primary N) is 1. The lowest BCUT2D eigenvalue weighted by molar-refractivity contribution is 0.206. The van der Waals surface area contributed by atoms with E-state index in [1.807, 2.05) is 18.3 Å². The third-order valence-electron chi connectivity index (χ3n) is 3.86. The fraction of sp³-hybridized carbons (Fsp3) is 0.400. The van der Waals surface area contributed by atoms with Crippen LogP contribution in [0.2, 0.25) is 5.02 Å². The van der Waals surface area contributed by atoms with Crippen molar-refractivity contribution in [1.82, 2.24) is 9.88 Å². The zero-order valence-corrected chi connectivity index (χ0v) is 14.1. The van der Waals surface area contributed by atoms with Crippen molar-refractivity contribution in [3.63, 3.8) is 0 Å². The summed E-state index contributed by atoms with van der Waals surface area (Å²) in [6, 6.07) is 8.28. The number of halogens is 2. The standard InChI is InChI=1S/C15H18ClN3S.ClH/c16-13-3-1-2-12(8-13)11-4-6-19(7-5-11)10-14-9-18-15(17)20-14;/h1-3,8-9,11H,4-7,10H2,(H2,17,18);1H. The summed E-state index contributed by atoms with van der Waals surface area (Å²) in [7, 11) is 0. The van der Waals surface area contributed by atoms with E-state index >= 15 is 0 Å². The van der Waals surface area contributed by atoms with Gasteiger partial charge in [0.1, 0.15) is 0 Å². The molecule has 1 aromatic heterocycles. The van der Waals surface area contributed by atoms with Gasteiger partial charge in [-0.1, -0.05) is 23.7 Å². The van der Waals surface area contributed by atoms with Gasteiger partial charge in [-0.3, -0.25) is 4.90 Å². The highest BCUT2D eigenvalue weighted by Gasteiger charge is 2.21. The van der Waals surface area contributed by atoms with Crippen LogP contribution in [0.3, 0.4) is 0 Å². The lowest BCUT2D eigenvalue weighted by Gasteiger charge is -2.31. The minimum Gasteiger partial charge on any atom is -0.375 e. The van der Waals surface area contributed by atoms with Gasteiger partial charge in [-0.05, 0) is 49.5 Å². The minimum atomic E-state index is 0. The van der Waals surface area contributed by atoms with E-state index in [2.05, 4.69) is 22.0 Å². The minimum absolute atomic E-state index is 0. The van der Waals surface area contributed by atoms with Crippen molar-refractivity contribution in [3.05, 3.63) is 45.9 Å². The summed E-state index contributed by atoms with van der Waals surface area (Å²) < 4.78 is 0. The molecule has 1 aliphatic heterocycles. The summed E-state index contributed by atoms with van der Waals surface area (Å²) in [4.78, 5) is 7.84. The van der Waals surface area contributed by atoms with Gasteiger partial charge in [0.05, 0.1) is 0 Å². The van der Waals surface area contributed by atoms with Crippen LogP contribution in [0.25, 0.3) is 0 Å². The molecule has 21 heavy (non-hydrogen) atoms. The summed E-state index contributed by atoms with van der Waals surface area (Å²) in [5, 5.41) is 1.50. The Morgan fingerprint density at radius 1 is 1.33 bits per heavy atom. The summed E-state index contributed by atoms with van der Waals surface area (Å²) in [6.45, 7) is 3.21. The van der Waals surface area contributed by atoms with Crippen LogP contribution in [0.4, 0.5) is 5.13 Å². The molecule has 114 valence electrons. The Hall–Kier alpha value is -0.810. The molecule has 1 saturated heterocycles. The Bertz CT molecular complexity index is 580. The van der Waals surface area contributed by atoms with Crippen LogP contribution in [0.5, 0.6) is 0 Å². The quantitative estimate of drug-likeness (QED) is 0.908. The number of nitrogens with zero attached hydrogens (tertiary/aromatic N) is 2. The van der Waals surface area contributed by atoms with E-state index in [1.54, 1.807) is 11.3 Å². The maximum Gasteiger partial charge on any atom is 0.180 e. The van der Waals surface area contributed by atoms with E-state index < -0.39 is 0 Å². The third kappa shape index (κ3) is 4.33. The number of hydrogen-bond acceptors (Lipinski definition) is 4. The van der Waals surface area contributed by atoms with Crippen LogP contribution < -0.4 is 5.73 Å². The number of benzene rings is 1. The maximum atomic E-state index is 6.07. The van der Waals surface area contributed by atoms with Gasteiger partial charge in [0.2, 0.25) is 0 Å². The van der Waals surface area contributed by atoms with Crippen molar-refractivity contribution in [1.29, 1.82) is 0 Å². The highest BCUT2D eigenvalue weighted by atomic mass is 35.5. The van der Waals surface area contributed by atoms with E-state index in [4.69, 9.17) is 17.3 Å². The summed E-state index contributed by atoms with van der Waals surface area (Å²) in [5.74, 6) is 0.636. The Morgan fingerprint density at radius 3 is 2.71 bits per heavy atom. The molecule has 6 heteroatoms. The maximum absolute atomic E-state index is 6.07. The zero-order chi connectivity index (χ0) is 13.9. The van der Waals surface area contributed by atoms with Crippen LogP contribution in [-0.2, 0) is 6.54 Å². The molecule has 3 nitrogen and oxygen atoms in total. The molecule has 0 amide bonds. The molecule has 1 aromatic carbocycles. The van der Waals surface area contributed by atoms with Gasteiger partial charge in [0.25, 0.3) is 0 Å². The first-order valence-electron chi connectivity index (χ1n) is 6.89. The van der Waals surface area contributed by atoms with Gasteiger partial charge in [-0.15, -0.1) is 23.7 Å². The Balaban J connectivity index is 0.00000161. The smallest absolute Gasteiger partial charge is 0.180 e. The number of aromatic nitrogens is 1. The number of thiazole rings is 1. The predicted octanol–water partition coefficient (Wildman–Crippen LogP) is 4.18. The largest absolute Gasteiger partial charge is 0.375 e. The van der Waals surface area contributed by atoms with Gasteiger partial charge >= 0.3 is 0 Å². The van der Waals surface area contributed by atoms with Crippen molar-refractivity contribution >= 4 is 40.5 Å². The summed E-state index contributed by atoms with van der Waals surface area (Å²) in [5.41, 5.74) is 7.05. The molecule has 0 saturated carbocycles.